The van der Waals surface area contributed by atoms with E-state index < -0.39 is 6.61 Å². The summed E-state index contributed by atoms with van der Waals surface area (Å²) in [6.07, 6.45) is 1.10. The first-order valence-electron chi connectivity index (χ1n) is 10.9. The zero-order valence-corrected chi connectivity index (χ0v) is 18.8. The number of fused-ring (bicyclic) bond motifs is 1. The number of rotatable bonds is 7. The number of nitrogens with zero attached hydrogens (tertiary/aromatic N) is 1. The molecule has 0 spiro atoms. The van der Waals surface area contributed by atoms with Crippen LogP contribution in [0.3, 0.4) is 0 Å². The van der Waals surface area contributed by atoms with Crippen LogP contribution in [0.1, 0.15) is 29.3 Å². The molecule has 1 aliphatic heterocycles. The highest BCUT2D eigenvalue weighted by molar-refractivity contribution is 6.05. The Kier molecular flexibility index (Phi) is 6.77. The third-order valence-electron chi connectivity index (χ3n) is 5.70. The highest BCUT2D eigenvalue weighted by Gasteiger charge is 2.24. The van der Waals surface area contributed by atoms with Gasteiger partial charge in [0.25, 0.3) is 5.91 Å². The fourth-order valence-corrected chi connectivity index (χ4v) is 4.00. The molecule has 3 aromatic rings. The average molecular weight is 466 g/mol. The maximum Gasteiger partial charge on any atom is 0.387 e. The minimum atomic E-state index is -2.98. The SMILES string of the molecule is CCC(=O)N1CCc2cc(C(=O)Nc3ccc(OC(F)F)c(-c4ccc(OC)cc4)c3)ccc21. The van der Waals surface area contributed by atoms with E-state index >= 15 is 0 Å². The second-order valence-electron chi connectivity index (χ2n) is 7.76. The molecule has 1 heterocycles. The van der Waals surface area contributed by atoms with Crippen LogP contribution in [-0.2, 0) is 11.2 Å². The predicted molar refractivity (Wildman–Crippen MR) is 126 cm³/mol. The molecule has 1 aliphatic rings. The van der Waals surface area contributed by atoms with Gasteiger partial charge in [-0.3, -0.25) is 9.59 Å². The molecule has 0 saturated carbocycles. The number of anilines is 2. The maximum atomic E-state index is 12.9. The quantitative estimate of drug-likeness (QED) is 0.498. The summed E-state index contributed by atoms with van der Waals surface area (Å²) in [6, 6.07) is 16.6. The van der Waals surface area contributed by atoms with Gasteiger partial charge in [0, 0.05) is 35.5 Å². The number of methoxy groups -OCH3 is 1. The maximum absolute atomic E-state index is 12.9. The van der Waals surface area contributed by atoms with Gasteiger partial charge in [0.2, 0.25) is 5.91 Å². The monoisotopic (exact) mass is 466 g/mol. The fraction of sp³-hybridized carbons (Fsp3) is 0.231. The van der Waals surface area contributed by atoms with Gasteiger partial charge in [-0.25, -0.2) is 0 Å². The molecule has 4 rings (SSSR count). The van der Waals surface area contributed by atoms with Crippen LogP contribution >= 0.6 is 0 Å². The average Bonchev–Trinajstić information content (AvgIpc) is 3.27. The van der Waals surface area contributed by atoms with E-state index in [0.29, 0.717) is 47.5 Å². The largest absolute Gasteiger partial charge is 0.497 e. The van der Waals surface area contributed by atoms with Gasteiger partial charge in [0.1, 0.15) is 11.5 Å². The van der Waals surface area contributed by atoms with Crippen molar-refractivity contribution in [3.63, 3.8) is 0 Å². The predicted octanol–water partition coefficient (Wildman–Crippen LogP) is 5.52. The lowest BCUT2D eigenvalue weighted by Gasteiger charge is -2.16. The number of ether oxygens (including phenoxy) is 2. The van der Waals surface area contributed by atoms with Crippen LogP contribution < -0.4 is 19.7 Å². The number of hydrogen-bond acceptors (Lipinski definition) is 4. The molecule has 0 aromatic heterocycles. The summed E-state index contributed by atoms with van der Waals surface area (Å²) in [5.41, 5.74) is 3.69. The van der Waals surface area contributed by atoms with Crippen LogP contribution in [0.2, 0.25) is 0 Å². The minimum absolute atomic E-state index is 0.00335. The highest BCUT2D eigenvalue weighted by Crippen LogP contribution is 2.35. The lowest BCUT2D eigenvalue weighted by Crippen LogP contribution is -2.27. The zero-order chi connectivity index (χ0) is 24.2. The first-order chi connectivity index (χ1) is 16.4. The number of carbonyl (C=O) groups excluding carboxylic acids is 2. The van der Waals surface area contributed by atoms with E-state index in [0.717, 1.165) is 11.3 Å². The van der Waals surface area contributed by atoms with Gasteiger partial charge < -0.3 is 19.7 Å². The van der Waals surface area contributed by atoms with E-state index in [2.05, 4.69) is 10.1 Å². The number of carbonyl (C=O) groups is 2. The molecule has 0 saturated heterocycles. The van der Waals surface area contributed by atoms with Crippen molar-refractivity contribution in [1.29, 1.82) is 0 Å². The van der Waals surface area contributed by atoms with E-state index in [1.54, 1.807) is 53.4 Å². The first kappa shape index (κ1) is 23.2. The summed E-state index contributed by atoms with van der Waals surface area (Å²) in [7, 11) is 1.54. The van der Waals surface area contributed by atoms with Crippen molar-refractivity contribution >= 4 is 23.2 Å². The third kappa shape index (κ3) is 4.85. The third-order valence-corrected chi connectivity index (χ3v) is 5.70. The van der Waals surface area contributed by atoms with Crippen molar-refractivity contribution in [2.75, 3.05) is 23.9 Å². The Morgan fingerprint density at radius 2 is 1.82 bits per heavy atom. The summed E-state index contributed by atoms with van der Waals surface area (Å²) >= 11 is 0. The van der Waals surface area contributed by atoms with Gasteiger partial charge in [0.05, 0.1) is 7.11 Å². The molecule has 0 radical (unpaired) electrons. The molecule has 34 heavy (non-hydrogen) atoms. The van der Waals surface area contributed by atoms with E-state index in [1.807, 2.05) is 6.92 Å². The van der Waals surface area contributed by atoms with Crippen LogP contribution in [0.25, 0.3) is 11.1 Å². The van der Waals surface area contributed by atoms with Gasteiger partial charge in [-0.05, 0) is 66.1 Å². The summed E-state index contributed by atoms with van der Waals surface area (Å²) in [5, 5.41) is 2.82. The second kappa shape index (κ2) is 9.91. The van der Waals surface area contributed by atoms with E-state index in [4.69, 9.17) is 4.74 Å². The summed E-state index contributed by atoms with van der Waals surface area (Å²) in [5.74, 6) is 0.330. The van der Waals surface area contributed by atoms with E-state index in [1.165, 1.54) is 19.2 Å². The van der Waals surface area contributed by atoms with Crippen molar-refractivity contribution in [3.8, 4) is 22.6 Å². The van der Waals surface area contributed by atoms with Crippen molar-refractivity contribution < 1.29 is 27.8 Å². The Balaban J connectivity index is 1.59. The lowest BCUT2D eigenvalue weighted by molar-refractivity contribution is -0.118. The van der Waals surface area contributed by atoms with Crippen LogP contribution in [0.5, 0.6) is 11.5 Å². The second-order valence-corrected chi connectivity index (χ2v) is 7.76. The molecular formula is C26H24F2N2O4. The van der Waals surface area contributed by atoms with Gasteiger partial charge in [0.15, 0.2) is 0 Å². The Bertz CT molecular complexity index is 1210. The smallest absolute Gasteiger partial charge is 0.387 e. The molecule has 0 unspecified atom stereocenters. The number of benzene rings is 3. The highest BCUT2D eigenvalue weighted by atomic mass is 19.3. The molecule has 2 amide bonds. The van der Waals surface area contributed by atoms with Gasteiger partial charge in [-0.2, -0.15) is 8.78 Å². The van der Waals surface area contributed by atoms with Crippen LogP contribution in [0, 0.1) is 0 Å². The standard InChI is InChI=1S/C26H24F2N2O4/c1-3-24(31)30-13-12-17-14-18(6-10-22(17)30)25(32)29-19-7-11-23(34-26(27)28)21(15-19)16-4-8-20(33-2)9-5-16/h4-11,14-15,26H,3,12-13H2,1-2H3,(H,29,32). The number of hydrogen-bond donors (Lipinski definition) is 1. The van der Waals surface area contributed by atoms with Gasteiger partial charge in [-0.15, -0.1) is 0 Å². The van der Waals surface area contributed by atoms with Crippen molar-refractivity contribution in [1.82, 2.24) is 0 Å². The molecule has 3 aromatic carbocycles. The Hall–Kier alpha value is -3.94. The van der Waals surface area contributed by atoms with Crippen molar-refractivity contribution in [2.45, 2.75) is 26.4 Å². The normalized spacial score (nSPS) is 12.4. The van der Waals surface area contributed by atoms with Crippen molar-refractivity contribution in [3.05, 3.63) is 71.8 Å². The minimum Gasteiger partial charge on any atom is -0.497 e. The number of nitrogens with one attached hydrogen (secondary N) is 1. The molecule has 8 heteroatoms. The zero-order valence-electron chi connectivity index (χ0n) is 18.8. The molecule has 0 fully saturated rings. The molecule has 0 bridgehead atoms. The molecule has 6 nitrogen and oxygen atoms in total. The summed E-state index contributed by atoms with van der Waals surface area (Å²) in [6.45, 7) is -0.563. The lowest BCUT2D eigenvalue weighted by atomic mass is 10.0. The van der Waals surface area contributed by atoms with Crippen LogP contribution in [0.15, 0.2) is 60.7 Å². The number of amides is 2. The molecule has 0 aliphatic carbocycles. The molecular weight excluding hydrogens is 442 g/mol. The molecule has 176 valence electrons. The van der Waals surface area contributed by atoms with Crippen molar-refractivity contribution in [2.24, 2.45) is 0 Å². The van der Waals surface area contributed by atoms with Crippen LogP contribution in [-0.4, -0.2) is 32.1 Å². The van der Waals surface area contributed by atoms with Gasteiger partial charge >= 0.3 is 6.61 Å². The summed E-state index contributed by atoms with van der Waals surface area (Å²) < 4.78 is 35.7. The molecule has 0 atom stereocenters. The fourth-order valence-electron chi connectivity index (χ4n) is 4.00. The number of halogens is 2. The van der Waals surface area contributed by atoms with Crippen LogP contribution in [0.4, 0.5) is 20.2 Å². The number of alkyl halides is 2. The van der Waals surface area contributed by atoms with E-state index in [9.17, 15) is 18.4 Å². The first-order valence-corrected chi connectivity index (χ1v) is 10.9. The molecule has 1 N–H and O–H groups in total. The Morgan fingerprint density at radius 3 is 2.50 bits per heavy atom. The Morgan fingerprint density at radius 1 is 1.06 bits per heavy atom. The summed E-state index contributed by atoms with van der Waals surface area (Å²) in [4.78, 5) is 26.8. The topological polar surface area (TPSA) is 67.9 Å². The Labute approximate surface area is 196 Å². The van der Waals surface area contributed by atoms with E-state index in [-0.39, 0.29) is 17.6 Å². The van der Waals surface area contributed by atoms with Gasteiger partial charge in [-0.1, -0.05) is 19.1 Å².